The number of nitrogens with zero attached hydrogens (tertiary/aromatic N) is 1. The third-order valence-electron chi connectivity index (χ3n) is 2.80. The highest BCUT2D eigenvalue weighted by atomic mass is 16.7. The predicted octanol–water partition coefficient (Wildman–Crippen LogP) is 2.65. The molecule has 0 aliphatic carbocycles. The fourth-order valence-corrected chi connectivity index (χ4v) is 1.68. The van der Waals surface area contributed by atoms with Crippen LogP contribution in [0.15, 0.2) is 35.5 Å². The van der Waals surface area contributed by atoms with E-state index in [0.29, 0.717) is 6.42 Å². The van der Waals surface area contributed by atoms with Crippen LogP contribution in [-0.4, -0.2) is 10.8 Å². The van der Waals surface area contributed by atoms with Crippen LogP contribution in [-0.2, 0) is 10.6 Å². The smallest absolute Gasteiger partial charge is 0.266 e. The van der Waals surface area contributed by atoms with Crippen molar-refractivity contribution in [3.05, 3.63) is 35.9 Å². The molecule has 86 valence electrons. The highest BCUT2D eigenvalue weighted by Crippen LogP contribution is 2.36. The molecule has 16 heavy (non-hydrogen) atoms. The number of oxime groups is 1. The van der Waals surface area contributed by atoms with E-state index in [2.05, 4.69) is 25.9 Å². The molecule has 0 radical (unpaired) electrons. The maximum absolute atomic E-state index is 10.4. The summed E-state index contributed by atoms with van der Waals surface area (Å²) in [6.07, 6.45) is 0.431. The van der Waals surface area contributed by atoms with Crippen molar-refractivity contribution < 1.29 is 9.94 Å². The van der Waals surface area contributed by atoms with Gasteiger partial charge in [0.1, 0.15) is 0 Å². The van der Waals surface area contributed by atoms with Gasteiger partial charge < -0.3 is 9.94 Å². The summed E-state index contributed by atoms with van der Waals surface area (Å²) in [5.41, 5.74) is 1.57. The first-order valence-electron chi connectivity index (χ1n) is 5.45. The Hall–Kier alpha value is -1.35. The van der Waals surface area contributed by atoms with Gasteiger partial charge in [-0.1, -0.05) is 56.3 Å². The molecule has 3 heteroatoms. The highest BCUT2D eigenvalue weighted by Gasteiger charge is 2.41. The van der Waals surface area contributed by atoms with Gasteiger partial charge >= 0.3 is 0 Å². The second-order valence-electron chi connectivity index (χ2n) is 5.21. The summed E-state index contributed by atoms with van der Waals surface area (Å²) in [7, 11) is 0. The third kappa shape index (κ3) is 1.95. The summed E-state index contributed by atoms with van der Waals surface area (Å²) in [6, 6.07) is 9.37. The van der Waals surface area contributed by atoms with E-state index in [9.17, 15) is 5.11 Å². The van der Waals surface area contributed by atoms with Crippen LogP contribution in [0, 0.1) is 5.41 Å². The minimum Gasteiger partial charge on any atom is -0.355 e. The van der Waals surface area contributed by atoms with E-state index in [1.54, 1.807) is 0 Å². The molecule has 0 saturated heterocycles. The molecule has 1 N–H and O–H groups in total. The number of aliphatic hydroxyl groups is 1. The fourth-order valence-electron chi connectivity index (χ4n) is 1.68. The molecule has 0 spiro atoms. The van der Waals surface area contributed by atoms with E-state index >= 15 is 0 Å². The topological polar surface area (TPSA) is 41.8 Å². The molecule has 1 aliphatic heterocycles. The zero-order valence-corrected chi connectivity index (χ0v) is 9.90. The Morgan fingerprint density at radius 1 is 1.25 bits per heavy atom. The maximum Gasteiger partial charge on any atom is 0.266 e. The van der Waals surface area contributed by atoms with Gasteiger partial charge in [0, 0.05) is 11.0 Å². The largest absolute Gasteiger partial charge is 0.355 e. The molecule has 1 atom stereocenters. The summed E-state index contributed by atoms with van der Waals surface area (Å²) in [5, 5.41) is 14.4. The van der Waals surface area contributed by atoms with Crippen LogP contribution in [0.4, 0.5) is 0 Å². The normalized spacial score (nSPS) is 25.1. The summed E-state index contributed by atoms with van der Waals surface area (Å²) >= 11 is 0. The summed E-state index contributed by atoms with van der Waals surface area (Å²) in [6.45, 7) is 6.18. The maximum atomic E-state index is 10.4. The standard InChI is InChI=1S/C13H17NO2/c1-12(2,3)11-9-13(15,16-14-11)10-7-5-4-6-8-10/h4-8,15H,9H2,1-3H3. The predicted molar refractivity (Wildman–Crippen MR) is 62.9 cm³/mol. The summed E-state index contributed by atoms with van der Waals surface area (Å²) in [5.74, 6) is -1.29. The Balaban J connectivity index is 2.22. The highest BCUT2D eigenvalue weighted by molar-refractivity contribution is 5.90. The SMILES string of the molecule is CC(C)(C)C1=NOC(O)(c2ccccc2)C1. The average Bonchev–Trinajstić information content (AvgIpc) is 2.63. The van der Waals surface area contributed by atoms with Crippen LogP contribution in [0.5, 0.6) is 0 Å². The molecule has 1 aliphatic rings. The molecule has 0 saturated carbocycles. The van der Waals surface area contributed by atoms with Crippen LogP contribution in [0.2, 0.25) is 0 Å². The van der Waals surface area contributed by atoms with Gasteiger partial charge in [0.2, 0.25) is 0 Å². The molecule has 1 aromatic carbocycles. The molecular formula is C13H17NO2. The molecule has 0 bridgehead atoms. The zero-order chi connectivity index (χ0) is 11.8. The Labute approximate surface area is 95.7 Å². The second kappa shape index (κ2) is 3.59. The van der Waals surface area contributed by atoms with Crippen molar-refractivity contribution >= 4 is 5.71 Å². The van der Waals surface area contributed by atoms with Gasteiger partial charge in [0.05, 0.1) is 12.1 Å². The quantitative estimate of drug-likeness (QED) is 0.789. The molecule has 1 unspecified atom stereocenters. The van der Waals surface area contributed by atoms with Gasteiger partial charge in [-0.15, -0.1) is 0 Å². The minimum absolute atomic E-state index is 0.0702. The van der Waals surface area contributed by atoms with Crippen LogP contribution < -0.4 is 0 Å². The van der Waals surface area contributed by atoms with Gasteiger partial charge in [-0.3, -0.25) is 0 Å². The first-order valence-corrected chi connectivity index (χ1v) is 5.45. The van der Waals surface area contributed by atoms with E-state index in [1.807, 2.05) is 30.3 Å². The number of hydrogen-bond acceptors (Lipinski definition) is 3. The van der Waals surface area contributed by atoms with Crippen LogP contribution in [0.25, 0.3) is 0 Å². The lowest BCUT2D eigenvalue weighted by molar-refractivity contribution is -0.193. The Morgan fingerprint density at radius 3 is 2.38 bits per heavy atom. The second-order valence-corrected chi connectivity index (χ2v) is 5.21. The average molecular weight is 219 g/mol. The van der Waals surface area contributed by atoms with Crippen molar-refractivity contribution in [3.63, 3.8) is 0 Å². The van der Waals surface area contributed by atoms with E-state index in [0.717, 1.165) is 11.3 Å². The van der Waals surface area contributed by atoms with Crippen molar-refractivity contribution in [2.24, 2.45) is 10.6 Å². The van der Waals surface area contributed by atoms with E-state index in [4.69, 9.17) is 4.84 Å². The Kier molecular flexibility index (Phi) is 2.50. The number of hydrogen-bond donors (Lipinski definition) is 1. The Bertz CT molecular complexity index is 406. The number of rotatable bonds is 1. The fraction of sp³-hybridized carbons (Fsp3) is 0.462. The first kappa shape index (κ1) is 11.1. The third-order valence-corrected chi connectivity index (χ3v) is 2.80. The van der Waals surface area contributed by atoms with Crippen LogP contribution >= 0.6 is 0 Å². The van der Waals surface area contributed by atoms with Gasteiger partial charge in [-0.05, 0) is 0 Å². The first-order chi connectivity index (χ1) is 7.42. The lowest BCUT2D eigenvalue weighted by Crippen LogP contribution is -2.28. The van der Waals surface area contributed by atoms with Crippen molar-refractivity contribution in [2.45, 2.75) is 33.0 Å². The molecule has 0 fully saturated rings. The molecule has 2 rings (SSSR count). The molecule has 0 aromatic heterocycles. The van der Waals surface area contributed by atoms with Crippen molar-refractivity contribution in [1.29, 1.82) is 0 Å². The molecular weight excluding hydrogens is 202 g/mol. The van der Waals surface area contributed by atoms with Crippen LogP contribution in [0.1, 0.15) is 32.8 Å². The van der Waals surface area contributed by atoms with Crippen molar-refractivity contribution in [1.82, 2.24) is 0 Å². The van der Waals surface area contributed by atoms with Gasteiger partial charge in [0.25, 0.3) is 5.79 Å². The molecule has 0 amide bonds. The van der Waals surface area contributed by atoms with E-state index in [1.165, 1.54) is 0 Å². The lowest BCUT2D eigenvalue weighted by atomic mass is 9.85. The van der Waals surface area contributed by atoms with Gasteiger partial charge in [0.15, 0.2) is 0 Å². The van der Waals surface area contributed by atoms with Crippen LogP contribution in [0.3, 0.4) is 0 Å². The molecule has 1 aromatic rings. The van der Waals surface area contributed by atoms with E-state index < -0.39 is 5.79 Å². The minimum atomic E-state index is -1.29. The van der Waals surface area contributed by atoms with Crippen molar-refractivity contribution in [2.75, 3.05) is 0 Å². The zero-order valence-electron chi connectivity index (χ0n) is 9.90. The number of benzene rings is 1. The molecule has 1 heterocycles. The Morgan fingerprint density at radius 2 is 1.88 bits per heavy atom. The monoisotopic (exact) mass is 219 g/mol. The van der Waals surface area contributed by atoms with E-state index in [-0.39, 0.29) is 5.41 Å². The summed E-state index contributed by atoms with van der Waals surface area (Å²) < 4.78 is 0. The van der Waals surface area contributed by atoms with Gasteiger partial charge in [-0.2, -0.15) is 0 Å². The molecule has 3 nitrogen and oxygen atoms in total. The van der Waals surface area contributed by atoms with Gasteiger partial charge in [-0.25, -0.2) is 0 Å². The van der Waals surface area contributed by atoms with Crippen molar-refractivity contribution in [3.8, 4) is 0 Å². The lowest BCUT2D eigenvalue weighted by Gasteiger charge is -2.22. The summed E-state index contributed by atoms with van der Waals surface area (Å²) in [4.78, 5) is 5.21.